The van der Waals surface area contributed by atoms with E-state index in [1.165, 1.54) is 80.3 Å². The zero-order valence-electron chi connectivity index (χ0n) is 29.6. The van der Waals surface area contributed by atoms with Crippen LogP contribution in [0.4, 0.5) is 17.1 Å². The molecule has 0 radical (unpaired) electrons. The molecular formula is C52H35NS. The Kier molecular flexibility index (Phi) is 7.90. The normalized spacial score (nSPS) is 11.7. The third-order valence-electron chi connectivity index (χ3n) is 10.6. The van der Waals surface area contributed by atoms with Crippen molar-refractivity contribution in [2.75, 3.05) is 4.90 Å². The SMILES string of the molecule is C=C/C=C\c1ccc2ccc(-c3ccc(N(c4cccc(-c5cc6ccccc6c6ccccc56)c4)c4ccc5c(c4)sc4ccccc45)cc3)cc2c1. The van der Waals surface area contributed by atoms with E-state index in [0.29, 0.717) is 0 Å². The number of anilines is 3. The second-order valence-corrected chi connectivity index (χ2v) is 14.9. The number of nitrogens with zero attached hydrogens (tertiary/aromatic N) is 1. The summed E-state index contributed by atoms with van der Waals surface area (Å²) in [6, 6.07) is 66.8. The first-order chi connectivity index (χ1) is 26.7. The minimum absolute atomic E-state index is 1.11. The minimum Gasteiger partial charge on any atom is -0.310 e. The lowest BCUT2D eigenvalue weighted by atomic mass is 9.93. The fourth-order valence-corrected chi connectivity index (χ4v) is 9.08. The van der Waals surface area contributed by atoms with Crippen LogP contribution in [0.5, 0.6) is 0 Å². The zero-order valence-corrected chi connectivity index (χ0v) is 30.4. The smallest absolute Gasteiger partial charge is 0.0476 e. The lowest BCUT2D eigenvalue weighted by molar-refractivity contribution is 1.29. The number of hydrogen-bond acceptors (Lipinski definition) is 2. The first kappa shape index (κ1) is 32.0. The average Bonchev–Trinajstić information content (AvgIpc) is 3.61. The van der Waals surface area contributed by atoms with Crippen LogP contribution in [0.2, 0.25) is 0 Å². The van der Waals surface area contributed by atoms with Crippen LogP contribution in [0.15, 0.2) is 201 Å². The molecule has 10 aromatic rings. The molecule has 54 heavy (non-hydrogen) atoms. The zero-order chi connectivity index (χ0) is 36.0. The van der Waals surface area contributed by atoms with Gasteiger partial charge < -0.3 is 4.90 Å². The minimum atomic E-state index is 1.11. The van der Waals surface area contributed by atoms with Crippen LogP contribution in [0, 0.1) is 0 Å². The Hall–Kier alpha value is -6.74. The Morgan fingerprint density at radius 1 is 0.407 bits per heavy atom. The topological polar surface area (TPSA) is 3.24 Å². The molecule has 9 aromatic carbocycles. The summed E-state index contributed by atoms with van der Waals surface area (Å²) in [6.07, 6.45) is 5.89. The van der Waals surface area contributed by atoms with E-state index in [0.717, 1.165) is 17.1 Å². The van der Waals surface area contributed by atoms with Gasteiger partial charge in [-0.15, -0.1) is 11.3 Å². The summed E-state index contributed by atoms with van der Waals surface area (Å²) in [4.78, 5) is 2.40. The van der Waals surface area contributed by atoms with Crippen molar-refractivity contribution in [3.63, 3.8) is 0 Å². The van der Waals surface area contributed by atoms with Crippen LogP contribution in [0.3, 0.4) is 0 Å². The van der Waals surface area contributed by atoms with Gasteiger partial charge in [0.15, 0.2) is 0 Å². The third kappa shape index (κ3) is 5.65. The van der Waals surface area contributed by atoms with Crippen LogP contribution >= 0.6 is 11.3 Å². The van der Waals surface area contributed by atoms with Gasteiger partial charge in [-0.3, -0.25) is 0 Å². The van der Waals surface area contributed by atoms with Crippen molar-refractivity contribution in [1.29, 1.82) is 0 Å². The first-order valence-corrected chi connectivity index (χ1v) is 19.2. The summed E-state index contributed by atoms with van der Waals surface area (Å²) in [5.74, 6) is 0. The van der Waals surface area contributed by atoms with Crippen LogP contribution in [-0.4, -0.2) is 0 Å². The number of rotatable bonds is 7. The molecule has 2 heteroatoms. The quantitative estimate of drug-likeness (QED) is 0.118. The lowest BCUT2D eigenvalue weighted by Crippen LogP contribution is -2.10. The Labute approximate surface area is 319 Å². The maximum absolute atomic E-state index is 3.82. The summed E-state index contributed by atoms with van der Waals surface area (Å²) >= 11 is 1.86. The monoisotopic (exact) mass is 705 g/mol. The van der Waals surface area contributed by atoms with Gasteiger partial charge in [0.2, 0.25) is 0 Å². The summed E-state index contributed by atoms with van der Waals surface area (Å²) in [5.41, 5.74) is 9.33. The van der Waals surface area contributed by atoms with Gasteiger partial charge in [0.1, 0.15) is 0 Å². The Balaban J connectivity index is 1.11. The molecule has 1 heterocycles. The molecule has 0 aliphatic rings. The molecule has 0 aliphatic carbocycles. The van der Waals surface area contributed by atoms with Crippen LogP contribution in [0.25, 0.3) is 80.8 Å². The summed E-state index contributed by atoms with van der Waals surface area (Å²) in [5, 5.41) is 10.1. The second-order valence-electron chi connectivity index (χ2n) is 13.8. The summed E-state index contributed by atoms with van der Waals surface area (Å²) < 4.78 is 2.59. The fourth-order valence-electron chi connectivity index (χ4n) is 7.94. The van der Waals surface area contributed by atoms with Gasteiger partial charge in [-0.1, -0.05) is 146 Å². The van der Waals surface area contributed by atoms with E-state index in [1.54, 1.807) is 0 Å². The van der Waals surface area contributed by atoms with Gasteiger partial charge in [-0.25, -0.2) is 0 Å². The molecule has 10 rings (SSSR count). The maximum Gasteiger partial charge on any atom is 0.0476 e. The van der Waals surface area contributed by atoms with E-state index in [1.807, 2.05) is 23.5 Å². The molecule has 0 N–H and O–H groups in total. The molecule has 1 nitrogen and oxygen atoms in total. The molecule has 0 fully saturated rings. The highest BCUT2D eigenvalue weighted by molar-refractivity contribution is 7.25. The summed E-state index contributed by atoms with van der Waals surface area (Å²) in [6.45, 7) is 3.82. The number of thiophene rings is 1. The molecule has 1 aromatic heterocycles. The molecule has 0 unspecified atom stereocenters. The molecule has 0 saturated carbocycles. The van der Waals surface area contributed by atoms with E-state index >= 15 is 0 Å². The number of allylic oxidation sites excluding steroid dienone is 2. The molecule has 0 atom stereocenters. The maximum atomic E-state index is 3.82. The van der Waals surface area contributed by atoms with Crippen molar-refractivity contribution in [1.82, 2.24) is 0 Å². The highest BCUT2D eigenvalue weighted by atomic mass is 32.1. The van der Waals surface area contributed by atoms with Crippen LogP contribution < -0.4 is 4.90 Å². The Bertz CT molecular complexity index is 3070. The fraction of sp³-hybridized carbons (Fsp3) is 0. The van der Waals surface area contributed by atoms with Gasteiger partial charge in [0.05, 0.1) is 0 Å². The van der Waals surface area contributed by atoms with Crippen molar-refractivity contribution in [3.05, 3.63) is 206 Å². The predicted molar refractivity (Wildman–Crippen MR) is 237 cm³/mol. The van der Waals surface area contributed by atoms with Crippen molar-refractivity contribution in [3.8, 4) is 22.3 Å². The van der Waals surface area contributed by atoms with E-state index in [4.69, 9.17) is 0 Å². The molecule has 0 spiro atoms. The van der Waals surface area contributed by atoms with E-state index in [2.05, 4.69) is 200 Å². The van der Waals surface area contributed by atoms with E-state index in [-0.39, 0.29) is 0 Å². The van der Waals surface area contributed by atoms with Gasteiger partial charge in [-0.05, 0) is 121 Å². The highest BCUT2D eigenvalue weighted by Crippen LogP contribution is 2.43. The van der Waals surface area contributed by atoms with Gasteiger partial charge in [-0.2, -0.15) is 0 Å². The van der Waals surface area contributed by atoms with E-state index < -0.39 is 0 Å². The average molecular weight is 706 g/mol. The third-order valence-corrected chi connectivity index (χ3v) is 11.7. The summed E-state index contributed by atoms with van der Waals surface area (Å²) in [7, 11) is 0. The number of fused-ring (bicyclic) bond motifs is 7. The van der Waals surface area contributed by atoms with Crippen molar-refractivity contribution in [2.24, 2.45) is 0 Å². The first-order valence-electron chi connectivity index (χ1n) is 18.4. The molecule has 0 amide bonds. The Morgan fingerprint density at radius 3 is 1.98 bits per heavy atom. The highest BCUT2D eigenvalue weighted by Gasteiger charge is 2.17. The van der Waals surface area contributed by atoms with Gasteiger partial charge >= 0.3 is 0 Å². The molecule has 254 valence electrons. The van der Waals surface area contributed by atoms with Crippen LogP contribution in [0.1, 0.15) is 5.56 Å². The van der Waals surface area contributed by atoms with Gasteiger partial charge in [0, 0.05) is 37.2 Å². The van der Waals surface area contributed by atoms with Crippen molar-refractivity contribution >= 4 is 87.0 Å². The lowest BCUT2D eigenvalue weighted by Gasteiger charge is -2.26. The largest absolute Gasteiger partial charge is 0.310 e. The predicted octanol–water partition coefficient (Wildman–Crippen LogP) is 15.5. The van der Waals surface area contributed by atoms with Gasteiger partial charge in [0.25, 0.3) is 0 Å². The van der Waals surface area contributed by atoms with Crippen molar-refractivity contribution < 1.29 is 0 Å². The molecule has 0 aliphatic heterocycles. The van der Waals surface area contributed by atoms with Crippen LogP contribution in [-0.2, 0) is 0 Å². The molecule has 0 bridgehead atoms. The molecule has 0 saturated heterocycles. The standard InChI is InChI=1S/C52H35NS/c1-2-3-11-35-20-21-37-22-23-38(31-41(37)30-35)36-24-26-42(27-25-36)53(44-28-29-49-48-18-8-9-19-51(48)54-52(49)34-44)43-14-10-13-39(32-43)50-33-40-12-4-5-15-45(40)46-16-6-7-17-47(46)50/h2-34H,1H2/b11-3-. The second kappa shape index (κ2) is 13.3. The van der Waals surface area contributed by atoms with E-state index in [9.17, 15) is 0 Å². The van der Waals surface area contributed by atoms with Crippen molar-refractivity contribution in [2.45, 2.75) is 0 Å². The molecular weight excluding hydrogens is 671 g/mol. The number of hydrogen-bond donors (Lipinski definition) is 0. The Morgan fingerprint density at radius 2 is 1.11 bits per heavy atom. The number of benzene rings is 9.